The summed E-state index contributed by atoms with van der Waals surface area (Å²) in [5, 5.41) is 0. The lowest BCUT2D eigenvalue weighted by Crippen LogP contribution is -2.47. The lowest BCUT2D eigenvalue weighted by atomic mass is 10.2. The molecular formula is C20H24N6. The van der Waals surface area contributed by atoms with Gasteiger partial charge in [0.1, 0.15) is 5.82 Å². The molecule has 0 radical (unpaired) electrons. The maximum Gasteiger partial charge on any atom is 0.161 e. The van der Waals surface area contributed by atoms with Crippen LogP contribution in [0.3, 0.4) is 0 Å². The van der Waals surface area contributed by atoms with Crippen LogP contribution in [0.15, 0.2) is 61.3 Å². The molecule has 6 heteroatoms. The number of piperazine rings is 1. The van der Waals surface area contributed by atoms with E-state index in [0.717, 1.165) is 62.9 Å². The van der Waals surface area contributed by atoms with Crippen LogP contribution in [-0.4, -0.2) is 57.1 Å². The Morgan fingerprint density at radius 3 is 2.50 bits per heavy atom. The molecule has 0 unspecified atom stereocenters. The van der Waals surface area contributed by atoms with E-state index in [4.69, 9.17) is 4.98 Å². The maximum absolute atomic E-state index is 4.77. The van der Waals surface area contributed by atoms with E-state index in [0.29, 0.717) is 0 Å². The largest absolute Gasteiger partial charge is 0.354 e. The summed E-state index contributed by atoms with van der Waals surface area (Å²) in [6, 6.07) is 12.2. The average molecular weight is 348 g/mol. The Bertz CT molecular complexity index is 794. The quantitative estimate of drug-likeness (QED) is 0.685. The van der Waals surface area contributed by atoms with E-state index in [1.54, 1.807) is 0 Å². The summed E-state index contributed by atoms with van der Waals surface area (Å²) in [6.45, 7) is 6.34. The molecule has 0 atom stereocenters. The van der Waals surface area contributed by atoms with E-state index in [-0.39, 0.29) is 0 Å². The molecule has 1 aliphatic rings. The fourth-order valence-electron chi connectivity index (χ4n) is 3.35. The fraction of sp³-hybridized carbons (Fsp3) is 0.350. The molecule has 0 saturated carbocycles. The van der Waals surface area contributed by atoms with Crippen molar-refractivity contribution in [1.29, 1.82) is 0 Å². The van der Waals surface area contributed by atoms with Crippen LogP contribution >= 0.6 is 0 Å². The van der Waals surface area contributed by atoms with Gasteiger partial charge >= 0.3 is 0 Å². The summed E-state index contributed by atoms with van der Waals surface area (Å²) in [5.41, 5.74) is 1.06. The summed E-state index contributed by atoms with van der Waals surface area (Å²) in [4.78, 5) is 18.2. The first-order valence-electron chi connectivity index (χ1n) is 9.20. The van der Waals surface area contributed by atoms with E-state index >= 15 is 0 Å². The molecule has 26 heavy (non-hydrogen) atoms. The van der Waals surface area contributed by atoms with Gasteiger partial charge in [-0.15, -0.1) is 0 Å². The number of aryl methyl sites for hydroxylation is 1. The molecule has 0 aliphatic carbocycles. The lowest BCUT2D eigenvalue weighted by Gasteiger charge is -2.35. The number of rotatable bonds is 6. The SMILES string of the molecule is c1ccc(-c2nccc(N3CCN(CCCn4ccnc4)CC3)n2)cc1. The van der Waals surface area contributed by atoms with Gasteiger partial charge in [-0.25, -0.2) is 15.0 Å². The smallest absolute Gasteiger partial charge is 0.161 e. The van der Waals surface area contributed by atoms with Crippen LogP contribution in [0.4, 0.5) is 5.82 Å². The van der Waals surface area contributed by atoms with Crippen LogP contribution < -0.4 is 4.90 Å². The van der Waals surface area contributed by atoms with Crippen molar-refractivity contribution in [2.24, 2.45) is 0 Å². The molecular weight excluding hydrogens is 324 g/mol. The lowest BCUT2D eigenvalue weighted by molar-refractivity contribution is 0.250. The second-order valence-corrected chi connectivity index (χ2v) is 6.59. The van der Waals surface area contributed by atoms with Gasteiger partial charge in [-0.2, -0.15) is 0 Å². The van der Waals surface area contributed by atoms with Crippen LogP contribution in [0, 0.1) is 0 Å². The molecule has 3 heterocycles. The van der Waals surface area contributed by atoms with Gasteiger partial charge in [0.25, 0.3) is 0 Å². The Morgan fingerprint density at radius 2 is 1.73 bits per heavy atom. The molecule has 3 aromatic rings. The minimum Gasteiger partial charge on any atom is -0.354 e. The highest BCUT2D eigenvalue weighted by molar-refractivity contribution is 5.57. The highest BCUT2D eigenvalue weighted by atomic mass is 15.3. The van der Waals surface area contributed by atoms with E-state index in [1.165, 1.54) is 0 Å². The summed E-state index contributed by atoms with van der Waals surface area (Å²) < 4.78 is 2.14. The number of nitrogens with zero attached hydrogens (tertiary/aromatic N) is 6. The Balaban J connectivity index is 1.30. The molecule has 0 N–H and O–H groups in total. The Morgan fingerprint density at radius 1 is 0.885 bits per heavy atom. The van der Waals surface area contributed by atoms with Crippen LogP contribution in [0.2, 0.25) is 0 Å². The molecule has 6 nitrogen and oxygen atoms in total. The predicted octanol–water partition coefficient (Wildman–Crippen LogP) is 2.55. The first-order chi connectivity index (χ1) is 12.9. The monoisotopic (exact) mass is 348 g/mol. The number of anilines is 1. The number of benzene rings is 1. The number of imidazole rings is 1. The summed E-state index contributed by atoms with van der Waals surface area (Å²) in [5.74, 6) is 1.82. The van der Waals surface area contributed by atoms with Crippen molar-refractivity contribution in [2.45, 2.75) is 13.0 Å². The summed E-state index contributed by atoms with van der Waals surface area (Å²) >= 11 is 0. The minimum atomic E-state index is 0.797. The van der Waals surface area contributed by atoms with Gasteiger partial charge in [-0.05, 0) is 19.0 Å². The standard InChI is InChI=1S/C20H24N6/c1-2-5-18(6-3-1)20-22-8-7-19(23-20)26-15-13-24(14-16-26)10-4-11-25-12-9-21-17-25/h1-3,5-9,12,17H,4,10-11,13-16H2. The zero-order valence-electron chi connectivity index (χ0n) is 14.9. The summed E-state index contributed by atoms with van der Waals surface area (Å²) in [6.07, 6.45) is 8.77. The van der Waals surface area contributed by atoms with Gasteiger partial charge in [0, 0.05) is 56.9 Å². The van der Waals surface area contributed by atoms with Gasteiger partial charge in [-0.3, -0.25) is 4.90 Å². The first-order valence-corrected chi connectivity index (χ1v) is 9.20. The zero-order chi connectivity index (χ0) is 17.6. The molecule has 134 valence electrons. The zero-order valence-corrected chi connectivity index (χ0v) is 14.9. The third-order valence-corrected chi connectivity index (χ3v) is 4.82. The second-order valence-electron chi connectivity index (χ2n) is 6.59. The maximum atomic E-state index is 4.77. The van der Waals surface area contributed by atoms with Crippen molar-refractivity contribution in [1.82, 2.24) is 24.4 Å². The molecule has 2 aromatic heterocycles. The Hall–Kier alpha value is -2.73. The fourth-order valence-corrected chi connectivity index (χ4v) is 3.35. The van der Waals surface area contributed by atoms with Crippen molar-refractivity contribution >= 4 is 5.82 Å². The second kappa shape index (κ2) is 8.10. The van der Waals surface area contributed by atoms with Gasteiger partial charge in [0.05, 0.1) is 6.33 Å². The van der Waals surface area contributed by atoms with Crippen LogP contribution in [-0.2, 0) is 6.54 Å². The first kappa shape index (κ1) is 16.7. The van der Waals surface area contributed by atoms with Crippen molar-refractivity contribution in [3.8, 4) is 11.4 Å². The third kappa shape index (κ3) is 4.08. The predicted molar refractivity (Wildman–Crippen MR) is 103 cm³/mol. The molecule has 1 fully saturated rings. The number of aromatic nitrogens is 4. The van der Waals surface area contributed by atoms with Crippen molar-refractivity contribution < 1.29 is 0 Å². The molecule has 1 saturated heterocycles. The molecule has 0 bridgehead atoms. The van der Waals surface area contributed by atoms with Crippen LogP contribution in [0.25, 0.3) is 11.4 Å². The highest BCUT2D eigenvalue weighted by Crippen LogP contribution is 2.19. The Kier molecular flexibility index (Phi) is 5.21. The Labute approximate surface area is 154 Å². The van der Waals surface area contributed by atoms with Crippen LogP contribution in [0.5, 0.6) is 0 Å². The topological polar surface area (TPSA) is 50.1 Å². The van der Waals surface area contributed by atoms with Gasteiger partial charge in [0.2, 0.25) is 0 Å². The summed E-state index contributed by atoms with van der Waals surface area (Å²) in [7, 11) is 0. The highest BCUT2D eigenvalue weighted by Gasteiger charge is 2.18. The normalized spacial score (nSPS) is 15.3. The number of hydrogen-bond acceptors (Lipinski definition) is 5. The minimum absolute atomic E-state index is 0.797. The van der Waals surface area contributed by atoms with Crippen molar-refractivity contribution in [3.05, 3.63) is 61.3 Å². The van der Waals surface area contributed by atoms with Crippen molar-refractivity contribution in [2.75, 3.05) is 37.6 Å². The van der Waals surface area contributed by atoms with Gasteiger partial charge in [0.15, 0.2) is 5.82 Å². The van der Waals surface area contributed by atoms with Gasteiger partial charge < -0.3 is 9.47 Å². The van der Waals surface area contributed by atoms with E-state index in [2.05, 4.69) is 36.5 Å². The molecule has 1 aromatic carbocycles. The van der Waals surface area contributed by atoms with E-state index in [1.807, 2.05) is 49.2 Å². The average Bonchev–Trinajstić information content (AvgIpc) is 3.23. The van der Waals surface area contributed by atoms with E-state index < -0.39 is 0 Å². The van der Waals surface area contributed by atoms with Crippen molar-refractivity contribution in [3.63, 3.8) is 0 Å². The number of hydrogen-bond donors (Lipinski definition) is 0. The molecule has 1 aliphatic heterocycles. The third-order valence-electron chi connectivity index (χ3n) is 4.82. The van der Waals surface area contributed by atoms with Gasteiger partial charge in [-0.1, -0.05) is 30.3 Å². The van der Waals surface area contributed by atoms with Crippen LogP contribution in [0.1, 0.15) is 6.42 Å². The van der Waals surface area contributed by atoms with E-state index in [9.17, 15) is 0 Å². The molecule has 4 rings (SSSR count). The molecule has 0 amide bonds. The molecule has 0 spiro atoms.